The van der Waals surface area contributed by atoms with E-state index in [0.717, 1.165) is 37.8 Å². The van der Waals surface area contributed by atoms with Crippen LogP contribution in [0.1, 0.15) is 11.3 Å². The Bertz CT molecular complexity index is 598. The van der Waals surface area contributed by atoms with Gasteiger partial charge in [-0.2, -0.15) is 4.98 Å². The SMILES string of the molecule is Cc1ccnc(CNc2nccc(N3CCOCC3)n2)c1. The number of aryl methyl sites for hydroxylation is 1. The van der Waals surface area contributed by atoms with Gasteiger partial charge in [-0.15, -0.1) is 0 Å². The Hall–Kier alpha value is -2.21. The van der Waals surface area contributed by atoms with E-state index in [1.54, 1.807) is 6.20 Å². The molecule has 1 aliphatic rings. The Balaban J connectivity index is 1.65. The second-order valence-corrected chi connectivity index (χ2v) is 5.02. The summed E-state index contributed by atoms with van der Waals surface area (Å²) in [4.78, 5) is 15.3. The molecule has 0 bridgehead atoms. The molecule has 0 aliphatic carbocycles. The molecule has 1 fully saturated rings. The number of pyridine rings is 1. The summed E-state index contributed by atoms with van der Waals surface area (Å²) in [6.45, 7) is 5.92. The maximum Gasteiger partial charge on any atom is 0.224 e. The molecule has 1 aliphatic heterocycles. The van der Waals surface area contributed by atoms with Crippen LogP contribution in [-0.4, -0.2) is 41.3 Å². The summed E-state index contributed by atoms with van der Waals surface area (Å²) in [7, 11) is 0. The number of morpholine rings is 1. The number of hydrogen-bond donors (Lipinski definition) is 1. The van der Waals surface area contributed by atoms with Crippen LogP contribution in [0.2, 0.25) is 0 Å². The molecule has 3 rings (SSSR count). The van der Waals surface area contributed by atoms with E-state index in [4.69, 9.17) is 4.74 Å². The monoisotopic (exact) mass is 285 g/mol. The standard InChI is InChI=1S/C15H19N5O/c1-12-2-4-16-13(10-12)11-18-15-17-5-3-14(19-15)20-6-8-21-9-7-20/h2-5,10H,6-9,11H2,1H3,(H,17,18,19). The molecule has 3 heterocycles. The molecule has 0 atom stereocenters. The van der Waals surface area contributed by atoms with Gasteiger partial charge in [0.05, 0.1) is 25.5 Å². The first-order valence-corrected chi connectivity index (χ1v) is 7.12. The van der Waals surface area contributed by atoms with Crippen molar-refractivity contribution in [2.75, 3.05) is 36.5 Å². The Kier molecular flexibility index (Phi) is 4.25. The molecule has 110 valence electrons. The predicted molar refractivity (Wildman–Crippen MR) is 81.4 cm³/mol. The van der Waals surface area contributed by atoms with Gasteiger partial charge >= 0.3 is 0 Å². The molecule has 21 heavy (non-hydrogen) atoms. The van der Waals surface area contributed by atoms with Gasteiger partial charge in [0.1, 0.15) is 5.82 Å². The van der Waals surface area contributed by atoms with Gasteiger partial charge in [-0.1, -0.05) is 0 Å². The largest absolute Gasteiger partial charge is 0.378 e. The molecule has 1 N–H and O–H groups in total. The Morgan fingerprint density at radius 3 is 2.81 bits per heavy atom. The third kappa shape index (κ3) is 3.66. The molecule has 2 aromatic heterocycles. The molecule has 0 amide bonds. The summed E-state index contributed by atoms with van der Waals surface area (Å²) in [5, 5.41) is 3.23. The third-order valence-electron chi connectivity index (χ3n) is 3.38. The fourth-order valence-corrected chi connectivity index (χ4v) is 2.27. The van der Waals surface area contributed by atoms with Crippen molar-refractivity contribution in [3.05, 3.63) is 41.9 Å². The van der Waals surface area contributed by atoms with Crippen molar-refractivity contribution in [3.63, 3.8) is 0 Å². The van der Waals surface area contributed by atoms with E-state index < -0.39 is 0 Å². The van der Waals surface area contributed by atoms with Gasteiger partial charge in [0.25, 0.3) is 0 Å². The molecular weight excluding hydrogens is 266 g/mol. The number of nitrogens with zero attached hydrogens (tertiary/aromatic N) is 4. The normalized spacial score (nSPS) is 15.0. The predicted octanol–water partition coefficient (Wildman–Crippen LogP) is 1.63. The van der Waals surface area contributed by atoms with Gasteiger partial charge < -0.3 is 15.0 Å². The van der Waals surface area contributed by atoms with Crippen LogP contribution in [0.3, 0.4) is 0 Å². The number of anilines is 2. The van der Waals surface area contributed by atoms with Crippen molar-refractivity contribution >= 4 is 11.8 Å². The Labute approximate surface area is 124 Å². The van der Waals surface area contributed by atoms with Crippen molar-refractivity contribution in [1.82, 2.24) is 15.0 Å². The first-order valence-electron chi connectivity index (χ1n) is 7.12. The number of rotatable bonds is 4. The first kappa shape index (κ1) is 13.8. The molecular formula is C15H19N5O. The van der Waals surface area contributed by atoms with Crippen LogP contribution in [0.15, 0.2) is 30.6 Å². The molecule has 6 heteroatoms. The minimum Gasteiger partial charge on any atom is -0.378 e. The van der Waals surface area contributed by atoms with Gasteiger partial charge in [-0.3, -0.25) is 4.98 Å². The summed E-state index contributed by atoms with van der Waals surface area (Å²) >= 11 is 0. The van der Waals surface area contributed by atoms with Gasteiger partial charge in [0.15, 0.2) is 0 Å². The van der Waals surface area contributed by atoms with E-state index >= 15 is 0 Å². The fraction of sp³-hybridized carbons (Fsp3) is 0.400. The highest BCUT2D eigenvalue weighted by Crippen LogP contribution is 2.14. The van der Waals surface area contributed by atoms with Crippen LogP contribution >= 0.6 is 0 Å². The fourth-order valence-electron chi connectivity index (χ4n) is 2.27. The quantitative estimate of drug-likeness (QED) is 0.921. The molecule has 6 nitrogen and oxygen atoms in total. The number of aromatic nitrogens is 3. The lowest BCUT2D eigenvalue weighted by molar-refractivity contribution is 0.122. The molecule has 0 saturated carbocycles. The lowest BCUT2D eigenvalue weighted by Gasteiger charge is -2.27. The smallest absolute Gasteiger partial charge is 0.224 e. The average Bonchev–Trinajstić information content (AvgIpc) is 2.54. The van der Waals surface area contributed by atoms with Crippen molar-refractivity contribution < 1.29 is 4.74 Å². The van der Waals surface area contributed by atoms with Crippen LogP contribution in [0.4, 0.5) is 11.8 Å². The number of hydrogen-bond acceptors (Lipinski definition) is 6. The van der Waals surface area contributed by atoms with Gasteiger partial charge in [0, 0.05) is 25.5 Å². The molecule has 0 radical (unpaired) electrons. The van der Waals surface area contributed by atoms with E-state index in [1.165, 1.54) is 5.56 Å². The summed E-state index contributed by atoms with van der Waals surface area (Å²) in [5.74, 6) is 1.57. The molecule has 0 aromatic carbocycles. The summed E-state index contributed by atoms with van der Waals surface area (Å²) in [6, 6.07) is 5.97. The molecule has 0 spiro atoms. The van der Waals surface area contributed by atoms with Crippen LogP contribution in [-0.2, 0) is 11.3 Å². The first-order chi connectivity index (χ1) is 10.3. The van der Waals surface area contributed by atoms with Crippen molar-refractivity contribution in [3.8, 4) is 0 Å². The van der Waals surface area contributed by atoms with Crippen LogP contribution in [0.5, 0.6) is 0 Å². The summed E-state index contributed by atoms with van der Waals surface area (Å²) in [6.07, 6.45) is 3.60. The van der Waals surface area contributed by atoms with Crippen LogP contribution < -0.4 is 10.2 Å². The number of nitrogens with one attached hydrogen (secondary N) is 1. The lowest BCUT2D eigenvalue weighted by atomic mass is 10.2. The maximum atomic E-state index is 5.36. The zero-order valence-electron chi connectivity index (χ0n) is 12.1. The van der Waals surface area contributed by atoms with E-state index in [-0.39, 0.29) is 0 Å². The molecule has 0 unspecified atom stereocenters. The molecule has 2 aromatic rings. The van der Waals surface area contributed by atoms with E-state index in [0.29, 0.717) is 12.5 Å². The highest BCUT2D eigenvalue weighted by Gasteiger charge is 2.12. The van der Waals surface area contributed by atoms with Gasteiger partial charge in [0.2, 0.25) is 5.95 Å². The second kappa shape index (κ2) is 6.49. The highest BCUT2D eigenvalue weighted by atomic mass is 16.5. The zero-order valence-corrected chi connectivity index (χ0v) is 12.1. The van der Waals surface area contributed by atoms with Crippen molar-refractivity contribution in [2.45, 2.75) is 13.5 Å². The van der Waals surface area contributed by atoms with Crippen LogP contribution in [0, 0.1) is 6.92 Å². The van der Waals surface area contributed by atoms with Crippen molar-refractivity contribution in [2.24, 2.45) is 0 Å². The maximum absolute atomic E-state index is 5.36. The average molecular weight is 285 g/mol. The topological polar surface area (TPSA) is 63.2 Å². The summed E-state index contributed by atoms with van der Waals surface area (Å²) < 4.78 is 5.36. The van der Waals surface area contributed by atoms with Crippen molar-refractivity contribution in [1.29, 1.82) is 0 Å². The summed E-state index contributed by atoms with van der Waals surface area (Å²) in [5.41, 5.74) is 2.18. The van der Waals surface area contributed by atoms with Crippen LogP contribution in [0.25, 0.3) is 0 Å². The van der Waals surface area contributed by atoms with Gasteiger partial charge in [-0.25, -0.2) is 4.98 Å². The number of ether oxygens (including phenoxy) is 1. The zero-order chi connectivity index (χ0) is 14.5. The Morgan fingerprint density at radius 2 is 2.00 bits per heavy atom. The molecule has 1 saturated heterocycles. The van der Waals surface area contributed by atoms with E-state index in [2.05, 4.69) is 38.2 Å². The third-order valence-corrected chi connectivity index (χ3v) is 3.38. The second-order valence-electron chi connectivity index (χ2n) is 5.02. The van der Waals surface area contributed by atoms with Gasteiger partial charge in [-0.05, 0) is 30.7 Å². The van der Waals surface area contributed by atoms with E-state index in [9.17, 15) is 0 Å². The minimum atomic E-state index is 0.619. The Morgan fingerprint density at radius 1 is 1.19 bits per heavy atom. The highest BCUT2D eigenvalue weighted by molar-refractivity contribution is 5.42. The lowest BCUT2D eigenvalue weighted by Crippen LogP contribution is -2.36. The van der Waals surface area contributed by atoms with E-state index in [1.807, 2.05) is 18.3 Å². The minimum absolute atomic E-state index is 0.619.